The van der Waals surface area contributed by atoms with Crippen LogP contribution in [0, 0.1) is 6.92 Å². The van der Waals surface area contributed by atoms with E-state index < -0.39 is 10.0 Å². The molecular weight excluding hydrogens is 462 g/mol. The van der Waals surface area contributed by atoms with E-state index in [9.17, 15) is 18.0 Å². The lowest BCUT2D eigenvalue weighted by Gasteiger charge is -2.23. The summed E-state index contributed by atoms with van der Waals surface area (Å²) < 4.78 is 28.0. The van der Waals surface area contributed by atoms with Gasteiger partial charge in [-0.05, 0) is 53.8 Å². The second kappa shape index (κ2) is 8.88. The minimum atomic E-state index is -3.63. The Morgan fingerprint density at radius 2 is 1.60 bits per heavy atom. The van der Waals surface area contributed by atoms with Crippen molar-refractivity contribution in [3.05, 3.63) is 96.1 Å². The molecule has 7 nitrogen and oxygen atoms in total. The summed E-state index contributed by atoms with van der Waals surface area (Å²) in [5, 5.41) is 4.65. The third kappa shape index (κ3) is 4.61. The fraction of sp³-hybridized carbons (Fsp3) is 0.111. The van der Waals surface area contributed by atoms with Crippen molar-refractivity contribution >= 4 is 55.4 Å². The lowest BCUT2D eigenvalue weighted by atomic mass is 10.1. The van der Waals surface area contributed by atoms with Crippen LogP contribution in [-0.4, -0.2) is 20.2 Å². The van der Waals surface area contributed by atoms with Crippen molar-refractivity contribution in [2.75, 3.05) is 14.9 Å². The number of hydrogen-bond donors (Lipinski definition) is 2. The predicted molar refractivity (Wildman–Crippen MR) is 138 cm³/mol. The number of nitrogens with zero attached hydrogens (tertiary/aromatic N) is 1. The van der Waals surface area contributed by atoms with Gasteiger partial charge in [0.1, 0.15) is 6.42 Å². The molecule has 5 rings (SSSR count). The molecule has 0 bridgehead atoms. The largest absolute Gasteiger partial charge is 0.323 e. The first-order valence-corrected chi connectivity index (χ1v) is 12.8. The Morgan fingerprint density at radius 1 is 0.886 bits per heavy atom. The van der Waals surface area contributed by atoms with Gasteiger partial charge in [0.05, 0.1) is 17.1 Å². The molecule has 1 heterocycles. The molecule has 0 spiro atoms. The summed E-state index contributed by atoms with van der Waals surface area (Å²) >= 11 is 0. The van der Waals surface area contributed by atoms with Crippen LogP contribution in [0.1, 0.15) is 17.5 Å². The van der Waals surface area contributed by atoms with Crippen molar-refractivity contribution in [2.45, 2.75) is 19.1 Å². The first-order chi connectivity index (χ1) is 16.8. The van der Waals surface area contributed by atoms with Crippen LogP contribution in [0.3, 0.4) is 0 Å². The molecule has 8 heteroatoms. The molecule has 0 saturated heterocycles. The van der Waals surface area contributed by atoms with E-state index in [1.807, 2.05) is 55.5 Å². The van der Waals surface area contributed by atoms with Crippen LogP contribution in [0.25, 0.3) is 10.8 Å². The Bertz CT molecular complexity index is 1560. The van der Waals surface area contributed by atoms with Gasteiger partial charge in [0.15, 0.2) is 0 Å². The Balaban J connectivity index is 1.46. The van der Waals surface area contributed by atoms with Gasteiger partial charge in [0, 0.05) is 16.8 Å². The van der Waals surface area contributed by atoms with Crippen molar-refractivity contribution in [3.63, 3.8) is 0 Å². The first kappa shape index (κ1) is 22.6. The van der Waals surface area contributed by atoms with Crippen LogP contribution in [0.4, 0.5) is 22.7 Å². The third-order valence-electron chi connectivity index (χ3n) is 5.98. The number of aryl methyl sites for hydroxylation is 1. The molecule has 1 aliphatic heterocycles. The lowest BCUT2D eigenvalue weighted by molar-refractivity contribution is -0.124. The van der Waals surface area contributed by atoms with Crippen LogP contribution in [0.5, 0.6) is 0 Å². The first-order valence-electron chi connectivity index (χ1n) is 11.1. The number of benzene rings is 4. The number of fused-ring (bicyclic) bond motifs is 3. The maximum atomic E-state index is 13.0. The smallest absolute Gasteiger partial charge is 0.241 e. The van der Waals surface area contributed by atoms with E-state index >= 15 is 0 Å². The summed E-state index contributed by atoms with van der Waals surface area (Å²) in [6, 6.07) is 25.2. The number of amides is 2. The average Bonchev–Trinajstić information content (AvgIpc) is 2.95. The summed E-state index contributed by atoms with van der Waals surface area (Å²) in [5.41, 5.74) is 3.69. The Hall–Kier alpha value is -4.17. The zero-order chi connectivity index (χ0) is 24.6. The molecule has 0 atom stereocenters. The number of nitrogens with one attached hydrogen (secondary N) is 2. The number of carbonyl (C=O) groups is 2. The maximum absolute atomic E-state index is 13.0. The highest BCUT2D eigenvalue weighted by molar-refractivity contribution is 7.91. The van der Waals surface area contributed by atoms with E-state index in [4.69, 9.17) is 0 Å². The van der Waals surface area contributed by atoms with Crippen LogP contribution in [-0.2, 0) is 25.4 Å². The van der Waals surface area contributed by atoms with Crippen molar-refractivity contribution in [2.24, 2.45) is 0 Å². The van der Waals surface area contributed by atoms with Gasteiger partial charge in [-0.15, -0.1) is 0 Å². The van der Waals surface area contributed by atoms with Crippen LogP contribution < -0.4 is 14.9 Å². The fourth-order valence-electron chi connectivity index (χ4n) is 4.27. The highest BCUT2D eigenvalue weighted by atomic mass is 32.2. The quantitative estimate of drug-likeness (QED) is 0.385. The Morgan fingerprint density at radius 3 is 2.37 bits per heavy atom. The molecule has 0 radical (unpaired) electrons. The van der Waals surface area contributed by atoms with Crippen molar-refractivity contribution in [1.29, 1.82) is 0 Å². The fourth-order valence-corrected chi connectivity index (χ4v) is 5.57. The molecule has 0 saturated carbocycles. The van der Waals surface area contributed by atoms with E-state index in [0.717, 1.165) is 21.9 Å². The topological polar surface area (TPSA) is 95.6 Å². The standard InChI is InChI=1S/C27H23N3O4S/c1-18-6-2-3-8-20(18)17-35(33,34)29-21-11-13-22(14-12-21)30-24-15-10-19-7-4-5-9-23(19)27(24)28-25(31)16-26(30)32/h2-15,29H,16-17H2,1H3,(H,28,31). The van der Waals surface area contributed by atoms with Gasteiger partial charge in [-0.1, -0.05) is 54.6 Å². The Labute approximate surface area is 203 Å². The summed E-state index contributed by atoms with van der Waals surface area (Å²) in [5.74, 6) is -0.889. The SMILES string of the molecule is Cc1ccccc1CS(=O)(=O)Nc1ccc(N2C(=O)CC(=O)Nc3c2ccc2ccccc32)cc1. The normalized spacial score (nSPS) is 13.8. The highest BCUT2D eigenvalue weighted by Crippen LogP contribution is 2.40. The zero-order valence-corrected chi connectivity index (χ0v) is 19.8. The van der Waals surface area contributed by atoms with E-state index in [1.165, 1.54) is 4.90 Å². The highest BCUT2D eigenvalue weighted by Gasteiger charge is 2.28. The average molecular weight is 486 g/mol. The zero-order valence-electron chi connectivity index (χ0n) is 19.0. The van der Waals surface area contributed by atoms with Crippen molar-refractivity contribution < 1.29 is 18.0 Å². The molecular formula is C27H23N3O4S. The maximum Gasteiger partial charge on any atom is 0.241 e. The summed E-state index contributed by atoms with van der Waals surface area (Å²) in [7, 11) is -3.63. The van der Waals surface area contributed by atoms with Gasteiger partial charge in [-0.3, -0.25) is 19.2 Å². The van der Waals surface area contributed by atoms with Crippen LogP contribution in [0.2, 0.25) is 0 Å². The number of carbonyl (C=O) groups excluding carboxylic acids is 2. The molecule has 176 valence electrons. The monoisotopic (exact) mass is 485 g/mol. The molecule has 0 fully saturated rings. The van der Waals surface area contributed by atoms with Gasteiger partial charge in [0.2, 0.25) is 21.8 Å². The molecule has 4 aromatic carbocycles. The summed E-state index contributed by atoms with van der Waals surface area (Å²) in [6.45, 7) is 1.87. The molecule has 2 amide bonds. The number of sulfonamides is 1. The number of rotatable bonds is 5. The van der Waals surface area contributed by atoms with Gasteiger partial charge < -0.3 is 5.32 Å². The second-order valence-electron chi connectivity index (χ2n) is 8.47. The molecule has 35 heavy (non-hydrogen) atoms. The molecule has 0 unspecified atom stereocenters. The van der Waals surface area contributed by atoms with Gasteiger partial charge in [-0.25, -0.2) is 8.42 Å². The van der Waals surface area contributed by atoms with Crippen LogP contribution in [0.15, 0.2) is 84.9 Å². The molecule has 2 N–H and O–H groups in total. The second-order valence-corrected chi connectivity index (χ2v) is 10.2. The predicted octanol–water partition coefficient (Wildman–Crippen LogP) is 5.10. The van der Waals surface area contributed by atoms with Gasteiger partial charge in [0.25, 0.3) is 0 Å². The molecule has 0 aliphatic carbocycles. The number of hydrogen-bond acceptors (Lipinski definition) is 4. The molecule has 1 aliphatic rings. The van der Waals surface area contributed by atoms with E-state index in [0.29, 0.717) is 22.7 Å². The third-order valence-corrected chi connectivity index (χ3v) is 7.22. The van der Waals surface area contributed by atoms with Crippen molar-refractivity contribution in [3.8, 4) is 0 Å². The minimum Gasteiger partial charge on any atom is -0.323 e. The summed E-state index contributed by atoms with van der Waals surface area (Å²) in [4.78, 5) is 26.9. The Kier molecular flexibility index (Phi) is 5.74. The molecule has 0 aromatic heterocycles. The molecule has 4 aromatic rings. The van der Waals surface area contributed by atoms with Crippen molar-refractivity contribution in [1.82, 2.24) is 0 Å². The minimum absolute atomic E-state index is 0.139. The van der Waals surface area contributed by atoms with Crippen LogP contribution >= 0.6 is 0 Å². The lowest BCUT2D eigenvalue weighted by Crippen LogP contribution is -2.26. The van der Waals surface area contributed by atoms with E-state index in [2.05, 4.69) is 10.0 Å². The number of anilines is 4. The van der Waals surface area contributed by atoms with Gasteiger partial charge in [-0.2, -0.15) is 0 Å². The van der Waals surface area contributed by atoms with E-state index in [-0.39, 0.29) is 24.0 Å². The summed E-state index contributed by atoms with van der Waals surface area (Å²) in [6.07, 6.45) is -0.298. The van der Waals surface area contributed by atoms with E-state index in [1.54, 1.807) is 36.4 Å². The van der Waals surface area contributed by atoms with Gasteiger partial charge >= 0.3 is 0 Å².